The molecule has 0 radical (unpaired) electrons. The molecule has 0 aliphatic rings. The summed E-state index contributed by atoms with van der Waals surface area (Å²) in [6, 6.07) is 8.80. The molecule has 0 atom stereocenters. The van der Waals surface area contributed by atoms with Crippen LogP contribution >= 0.6 is 11.8 Å². The zero-order chi connectivity index (χ0) is 15.2. The van der Waals surface area contributed by atoms with Gasteiger partial charge >= 0.3 is 5.97 Å². The number of carbonyl (C=O) groups is 1. The van der Waals surface area contributed by atoms with Gasteiger partial charge in [0.15, 0.2) is 0 Å². The van der Waals surface area contributed by atoms with Gasteiger partial charge in [-0.25, -0.2) is 4.79 Å². The maximum absolute atomic E-state index is 11.3. The van der Waals surface area contributed by atoms with Gasteiger partial charge < -0.3 is 9.84 Å². The molecule has 0 unspecified atom stereocenters. The van der Waals surface area contributed by atoms with Crippen LogP contribution in [0.1, 0.15) is 21.6 Å². The average molecular weight is 301 g/mol. The highest BCUT2D eigenvalue weighted by molar-refractivity contribution is 7.98. The molecule has 1 aromatic carbocycles. The van der Waals surface area contributed by atoms with Crippen LogP contribution in [0.2, 0.25) is 0 Å². The summed E-state index contributed by atoms with van der Waals surface area (Å²) in [5.74, 6) is -0.196. The second-order valence-corrected chi connectivity index (χ2v) is 5.10. The molecule has 0 fully saturated rings. The zero-order valence-corrected chi connectivity index (χ0v) is 12.6. The second-order valence-electron chi connectivity index (χ2n) is 4.22. The highest BCUT2D eigenvalue weighted by atomic mass is 32.2. The summed E-state index contributed by atoms with van der Waals surface area (Å²) >= 11 is 1.61. The summed E-state index contributed by atoms with van der Waals surface area (Å²) in [6.07, 6.45) is 7.01. The molecular formula is C16H15NO3S. The van der Waals surface area contributed by atoms with Crippen molar-refractivity contribution in [1.82, 2.24) is 4.98 Å². The number of ether oxygens (including phenoxy) is 1. The molecule has 0 spiro atoms. The number of pyridine rings is 1. The van der Waals surface area contributed by atoms with Crippen LogP contribution < -0.4 is 0 Å². The molecule has 108 valence electrons. The highest BCUT2D eigenvalue weighted by Gasteiger charge is 2.04. The maximum Gasteiger partial charge on any atom is 0.339 e. The predicted octanol–water partition coefficient (Wildman–Crippen LogP) is 3.47. The first kappa shape index (κ1) is 15.1. The van der Waals surface area contributed by atoms with E-state index in [0.29, 0.717) is 11.3 Å². The standard InChI is InChI=1S/C16H15NO3S/c1-20-16(19)12-4-6-13(17-10-12)5-3-11-9-14(21-2)7-8-15(11)18/h3-10,18H,1-2H3/b5-3+. The van der Waals surface area contributed by atoms with Gasteiger partial charge in [-0.3, -0.25) is 4.98 Å². The van der Waals surface area contributed by atoms with Crippen molar-refractivity contribution in [2.45, 2.75) is 4.90 Å². The van der Waals surface area contributed by atoms with Crippen LogP contribution in [-0.2, 0) is 4.74 Å². The lowest BCUT2D eigenvalue weighted by Gasteiger charge is -2.02. The number of aromatic hydroxyl groups is 1. The van der Waals surface area contributed by atoms with Crippen molar-refractivity contribution in [3.8, 4) is 5.75 Å². The lowest BCUT2D eigenvalue weighted by atomic mass is 10.1. The summed E-state index contributed by atoms with van der Waals surface area (Å²) < 4.78 is 4.61. The fourth-order valence-corrected chi connectivity index (χ4v) is 2.16. The minimum atomic E-state index is -0.414. The van der Waals surface area contributed by atoms with E-state index < -0.39 is 5.97 Å². The Bertz CT molecular complexity index is 666. The predicted molar refractivity (Wildman–Crippen MR) is 84.4 cm³/mol. The molecule has 2 aromatic rings. The summed E-state index contributed by atoms with van der Waals surface area (Å²) in [5.41, 5.74) is 1.82. The molecule has 0 bridgehead atoms. The number of phenols is 1. The minimum Gasteiger partial charge on any atom is -0.507 e. The van der Waals surface area contributed by atoms with E-state index in [1.807, 2.05) is 18.4 Å². The molecule has 0 aliphatic carbocycles. The second kappa shape index (κ2) is 6.95. The number of hydrogen-bond acceptors (Lipinski definition) is 5. The van der Waals surface area contributed by atoms with Crippen molar-refractivity contribution in [3.05, 3.63) is 53.3 Å². The number of methoxy groups -OCH3 is 1. The third-order valence-electron chi connectivity index (χ3n) is 2.88. The Balaban J connectivity index is 2.19. The summed E-state index contributed by atoms with van der Waals surface area (Å²) in [7, 11) is 1.33. The first-order valence-electron chi connectivity index (χ1n) is 6.23. The number of benzene rings is 1. The number of carbonyl (C=O) groups excluding carboxylic acids is 1. The van der Waals surface area contributed by atoms with Gasteiger partial charge in [0, 0.05) is 16.7 Å². The summed E-state index contributed by atoms with van der Waals surface area (Å²) in [5, 5.41) is 9.82. The molecule has 4 nitrogen and oxygen atoms in total. The largest absolute Gasteiger partial charge is 0.507 e. The number of aromatic nitrogens is 1. The van der Waals surface area contributed by atoms with E-state index in [9.17, 15) is 9.90 Å². The van der Waals surface area contributed by atoms with E-state index in [1.54, 1.807) is 42.1 Å². The van der Waals surface area contributed by atoms with Crippen molar-refractivity contribution < 1.29 is 14.6 Å². The molecule has 0 aliphatic heterocycles. The van der Waals surface area contributed by atoms with Crippen molar-refractivity contribution in [1.29, 1.82) is 0 Å². The SMILES string of the molecule is COC(=O)c1ccc(/C=C/c2cc(SC)ccc2O)nc1. The summed E-state index contributed by atoms with van der Waals surface area (Å²) in [4.78, 5) is 16.5. The third kappa shape index (κ3) is 3.86. The van der Waals surface area contributed by atoms with E-state index in [4.69, 9.17) is 0 Å². The van der Waals surface area contributed by atoms with Crippen molar-refractivity contribution in [3.63, 3.8) is 0 Å². The number of thioether (sulfide) groups is 1. The van der Waals surface area contributed by atoms with Gasteiger partial charge in [-0.15, -0.1) is 11.8 Å². The Hall–Kier alpha value is -2.27. The Morgan fingerprint density at radius 1 is 1.29 bits per heavy atom. The van der Waals surface area contributed by atoms with Crippen LogP contribution in [0.4, 0.5) is 0 Å². The number of phenolic OH excluding ortho intramolecular Hbond substituents is 1. The van der Waals surface area contributed by atoms with E-state index >= 15 is 0 Å². The molecule has 21 heavy (non-hydrogen) atoms. The quantitative estimate of drug-likeness (QED) is 0.692. The molecule has 1 heterocycles. The monoisotopic (exact) mass is 301 g/mol. The molecule has 5 heteroatoms. The van der Waals surface area contributed by atoms with Crippen LogP contribution in [0.25, 0.3) is 12.2 Å². The van der Waals surface area contributed by atoms with Gasteiger partial charge in [0.05, 0.1) is 18.4 Å². The van der Waals surface area contributed by atoms with Crippen LogP contribution in [0.15, 0.2) is 41.4 Å². The number of nitrogens with zero attached hydrogens (tertiary/aromatic N) is 1. The van der Waals surface area contributed by atoms with Crippen molar-refractivity contribution in [2.24, 2.45) is 0 Å². The molecular weight excluding hydrogens is 286 g/mol. The Morgan fingerprint density at radius 2 is 2.10 bits per heavy atom. The average Bonchev–Trinajstić information content (AvgIpc) is 2.54. The van der Waals surface area contributed by atoms with E-state index in [0.717, 1.165) is 10.5 Å². The highest BCUT2D eigenvalue weighted by Crippen LogP contribution is 2.25. The Kier molecular flexibility index (Phi) is 5.00. The molecule has 0 amide bonds. The van der Waals surface area contributed by atoms with Gasteiger partial charge in [0.1, 0.15) is 5.75 Å². The zero-order valence-electron chi connectivity index (χ0n) is 11.7. The van der Waals surface area contributed by atoms with E-state index in [1.165, 1.54) is 13.3 Å². The van der Waals surface area contributed by atoms with Gasteiger partial charge in [-0.1, -0.05) is 0 Å². The van der Waals surface area contributed by atoms with Crippen LogP contribution in [-0.4, -0.2) is 29.4 Å². The van der Waals surface area contributed by atoms with Gasteiger partial charge in [0.25, 0.3) is 0 Å². The summed E-state index contributed by atoms with van der Waals surface area (Å²) in [6.45, 7) is 0. The first-order chi connectivity index (χ1) is 10.1. The number of rotatable bonds is 4. The smallest absolute Gasteiger partial charge is 0.339 e. The van der Waals surface area contributed by atoms with Gasteiger partial charge in [-0.2, -0.15) is 0 Å². The van der Waals surface area contributed by atoms with Crippen LogP contribution in [0.3, 0.4) is 0 Å². The molecule has 0 saturated heterocycles. The van der Waals surface area contributed by atoms with E-state index in [2.05, 4.69) is 9.72 Å². The lowest BCUT2D eigenvalue weighted by Crippen LogP contribution is -2.01. The Labute approximate surface area is 127 Å². The molecule has 0 saturated carbocycles. The molecule has 1 aromatic heterocycles. The van der Waals surface area contributed by atoms with E-state index in [-0.39, 0.29) is 5.75 Å². The normalized spacial score (nSPS) is 10.8. The fraction of sp³-hybridized carbons (Fsp3) is 0.125. The maximum atomic E-state index is 11.3. The molecule has 1 N–H and O–H groups in total. The first-order valence-corrected chi connectivity index (χ1v) is 7.46. The lowest BCUT2D eigenvalue weighted by molar-refractivity contribution is 0.0600. The molecule has 2 rings (SSSR count). The third-order valence-corrected chi connectivity index (χ3v) is 3.60. The van der Waals surface area contributed by atoms with Crippen LogP contribution in [0, 0.1) is 0 Å². The fourth-order valence-electron chi connectivity index (χ4n) is 1.71. The topological polar surface area (TPSA) is 59.4 Å². The Morgan fingerprint density at radius 3 is 2.71 bits per heavy atom. The number of hydrogen-bond donors (Lipinski definition) is 1. The van der Waals surface area contributed by atoms with Gasteiger partial charge in [0.2, 0.25) is 0 Å². The van der Waals surface area contributed by atoms with Crippen molar-refractivity contribution >= 4 is 29.9 Å². The van der Waals surface area contributed by atoms with Crippen LogP contribution in [0.5, 0.6) is 5.75 Å². The number of esters is 1. The van der Waals surface area contributed by atoms with Gasteiger partial charge in [-0.05, 0) is 48.7 Å². The van der Waals surface area contributed by atoms with Crippen molar-refractivity contribution in [2.75, 3.05) is 13.4 Å². The minimum absolute atomic E-state index is 0.218.